The van der Waals surface area contributed by atoms with Gasteiger partial charge in [-0.25, -0.2) is 4.98 Å². The predicted molar refractivity (Wildman–Crippen MR) is 108 cm³/mol. The van der Waals surface area contributed by atoms with Crippen molar-refractivity contribution in [3.05, 3.63) is 29.1 Å². The van der Waals surface area contributed by atoms with Crippen molar-refractivity contribution >= 4 is 5.84 Å². The molecule has 0 saturated heterocycles. The molecule has 0 radical (unpaired) electrons. The predicted octanol–water partition coefficient (Wildman–Crippen LogP) is 4.12. The smallest absolute Gasteiger partial charge is 0.244 e. The van der Waals surface area contributed by atoms with E-state index in [2.05, 4.69) is 36.2 Å². The second kappa shape index (κ2) is 10.00. The maximum absolute atomic E-state index is 6.58. The number of rotatable bonds is 12. The minimum Gasteiger partial charge on any atom is -0.346 e. The van der Waals surface area contributed by atoms with Gasteiger partial charge in [-0.05, 0) is 25.7 Å². The first kappa shape index (κ1) is 20.8. The van der Waals surface area contributed by atoms with Crippen LogP contribution in [0.5, 0.6) is 0 Å². The fraction of sp³-hybridized carbons (Fsp3) is 0.700. The Morgan fingerprint density at radius 2 is 1.81 bits per heavy atom. The number of quaternary nitrogens is 1. The number of H-pyrrole nitrogens is 1. The number of unbranched alkanes of at least 4 members (excludes halogenated alkanes) is 4. The number of aromatic nitrogens is 2. The van der Waals surface area contributed by atoms with Crippen LogP contribution in [0.1, 0.15) is 84.2 Å². The molecule has 2 rings (SSSR count). The van der Waals surface area contributed by atoms with Crippen molar-refractivity contribution in [2.75, 3.05) is 6.54 Å². The van der Waals surface area contributed by atoms with Gasteiger partial charge < -0.3 is 4.98 Å². The number of allylic oxidation sites excluding steroid dienone is 2. The molecular formula is C20H37N6+. The highest BCUT2D eigenvalue weighted by Crippen LogP contribution is 2.26. The zero-order chi connectivity index (χ0) is 19.0. The zero-order valence-electron chi connectivity index (χ0n) is 17.1. The first-order chi connectivity index (χ1) is 12.5. The summed E-state index contributed by atoms with van der Waals surface area (Å²) < 4.78 is 0.142. The molecule has 6 nitrogen and oxygen atoms in total. The molecule has 26 heavy (non-hydrogen) atoms. The Bertz CT molecular complexity index is 630. The number of nitrogens with zero attached hydrogens (tertiary/aromatic N) is 3. The van der Waals surface area contributed by atoms with E-state index in [0.29, 0.717) is 0 Å². The van der Waals surface area contributed by atoms with Gasteiger partial charge in [0.2, 0.25) is 5.84 Å². The number of hydrogen-bond acceptors (Lipinski definition) is 4. The second-order valence-corrected chi connectivity index (χ2v) is 7.34. The Morgan fingerprint density at radius 1 is 1.04 bits per heavy atom. The van der Waals surface area contributed by atoms with E-state index in [-0.39, 0.29) is 4.70 Å². The average Bonchev–Trinajstić information content (AvgIpc) is 3.16. The quantitative estimate of drug-likeness (QED) is 0.298. The van der Waals surface area contributed by atoms with Crippen LogP contribution in [0.4, 0.5) is 0 Å². The van der Waals surface area contributed by atoms with Gasteiger partial charge in [0.1, 0.15) is 11.5 Å². The Hall–Kier alpha value is -1.50. The van der Waals surface area contributed by atoms with Gasteiger partial charge in [-0.3, -0.25) is 0 Å². The van der Waals surface area contributed by atoms with E-state index in [0.717, 1.165) is 55.3 Å². The largest absolute Gasteiger partial charge is 0.346 e. The van der Waals surface area contributed by atoms with Crippen LogP contribution in [0.25, 0.3) is 0 Å². The topological polar surface area (TPSA) is 79.1 Å². The number of nitrogens with two attached hydrogens (primary N) is 1. The number of nitrogens with one attached hydrogen (secondary N) is 2. The molecule has 1 aliphatic heterocycles. The Morgan fingerprint density at radius 3 is 2.54 bits per heavy atom. The van der Waals surface area contributed by atoms with Crippen molar-refractivity contribution in [2.24, 2.45) is 10.8 Å². The standard InChI is InChI=1S/C20H37N6/c1-5-7-9-10-11-18-15-22-20(25-18)13-14-23-26(21)16(3)19(12-8-6-2)24-17(26)4/h15,23H,5-14,21H2,1-4H3,(H,22,25)/q+1. The lowest BCUT2D eigenvalue weighted by atomic mass is 10.1. The van der Waals surface area contributed by atoms with E-state index in [4.69, 9.17) is 10.8 Å². The highest BCUT2D eigenvalue weighted by molar-refractivity contribution is 5.76. The molecule has 1 aromatic heterocycles. The Labute approximate surface area is 158 Å². The van der Waals surface area contributed by atoms with E-state index < -0.39 is 0 Å². The number of amidine groups is 1. The number of aryl methyl sites for hydroxylation is 1. The summed E-state index contributed by atoms with van der Waals surface area (Å²) in [5.74, 6) is 8.51. The molecule has 2 heterocycles. The van der Waals surface area contributed by atoms with E-state index in [1.54, 1.807) is 0 Å². The summed E-state index contributed by atoms with van der Waals surface area (Å²) >= 11 is 0. The normalized spacial score (nSPS) is 20.1. The molecule has 1 aromatic rings. The number of hydrogen-bond donors (Lipinski definition) is 3. The molecule has 0 amide bonds. The molecule has 1 atom stereocenters. The molecule has 4 N–H and O–H groups in total. The molecule has 1 aliphatic rings. The minimum absolute atomic E-state index is 0.142. The van der Waals surface area contributed by atoms with Crippen molar-refractivity contribution in [2.45, 2.75) is 85.5 Å². The first-order valence-corrected chi connectivity index (χ1v) is 10.2. The summed E-state index contributed by atoms with van der Waals surface area (Å²) in [7, 11) is 0. The summed E-state index contributed by atoms with van der Waals surface area (Å²) in [6, 6.07) is 0. The summed E-state index contributed by atoms with van der Waals surface area (Å²) in [6.45, 7) is 9.27. The van der Waals surface area contributed by atoms with Crippen molar-refractivity contribution < 1.29 is 4.70 Å². The lowest BCUT2D eigenvalue weighted by Crippen LogP contribution is -2.64. The highest BCUT2D eigenvalue weighted by atomic mass is 15.8. The monoisotopic (exact) mass is 361 g/mol. The summed E-state index contributed by atoms with van der Waals surface area (Å²) in [4.78, 5) is 12.7. The third kappa shape index (κ3) is 5.25. The molecule has 0 fully saturated rings. The Balaban J connectivity index is 1.82. The average molecular weight is 362 g/mol. The Kier molecular flexibility index (Phi) is 8.00. The van der Waals surface area contributed by atoms with Gasteiger partial charge in [-0.1, -0.05) is 44.2 Å². The molecule has 146 valence electrons. The van der Waals surface area contributed by atoms with Crippen LogP contribution < -0.4 is 11.3 Å². The van der Waals surface area contributed by atoms with Gasteiger partial charge in [0.15, 0.2) is 5.70 Å². The third-order valence-electron chi connectivity index (χ3n) is 5.22. The van der Waals surface area contributed by atoms with Crippen LogP contribution in [0.3, 0.4) is 0 Å². The van der Waals surface area contributed by atoms with Crippen LogP contribution in [0.15, 0.2) is 22.6 Å². The molecule has 0 spiro atoms. The molecule has 0 saturated carbocycles. The zero-order valence-corrected chi connectivity index (χ0v) is 17.1. The third-order valence-corrected chi connectivity index (χ3v) is 5.22. The lowest BCUT2D eigenvalue weighted by Gasteiger charge is -2.27. The summed E-state index contributed by atoms with van der Waals surface area (Å²) in [5.41, 5.74) is 6.92. The summed E-state index contributed by atoms with van der Waals surface area (Å²) in [6.07, 6.45) is 12.3. The van der Waals surface area contributed by atoms with E-state index >= 15 is 0 Å². The molecule has 6 heteroatoms. The van der Waals surface area contributed by atoms with Crippen LogP contribution in [0, 0.1) is 0 Å². The maximum Gasteiger partial charge on any atom is 0.244 e. The number of imidazole rings is 1. The van der Waals surface area contributed by atoms with Crippen LogP contribution in [-0.2, 0) is 12.8 Å². The van der Waals surface area contributed by atoms with E-state index in [1.807, 2.05) is 13.1 Å². The first-order valence-electron chi connectivity index (χ1n) is 10.2. The number of aromatic amines is 1. The van der Waals surface area contributed by atoms with Gasteiger partial charge in [0.25, 0.3) is 0 Å². The van der Waals surface area contributed by atoms with Crippen molar-refractivity contribution in [1.82, 2.24) is 15.4 Å². The molecular weight excluding hydrogens is 324 g/mol. The summed E-state index contributed by atoms with van der Waals surface area (Å²) in [5, 5.41) is 0. The van der Waals surface area contributed by atoms with Crippen LogP contribution in [0.2, 0.25) is 0 Å². The minimum atomic E-state index is 0.142. The van der Waals surface area contributed by atoms with E-state index in [1.165, 1.54) is 37.8 Å². The van der Waals surface area contributed by atoms with Gasteiger partial charge in [0, 0.05) is 32.2 Å². The van der Waals surface area contributed by atoms with Crippen molar-refractivity contribution in [3.63, 3.8) is 0 Å². The SMILES string of the molecule is CCCCCCc1cnc(CCN[N+]2(N)C(C)=NC(CCCC)=C2C)[nH]1. The molecule has 0 bridgehead atoms. The van der Waals surface area contributed by atoms with Crippen LogP contribution in [-0.4, -0.2) is 27.0 Å². The van der Waals surface area contributed by atoms with E-state index in [9.17, 15) is 0 Å². The van der Waals surface area contributed by atoms with Crippen LogP contribution >= 0.6 is 0 Å². The maximum atomic E-state index is 6.58. The van der Waals surface area contributed by atoms with Gasteiger partial charge in [-0.15, -0.1) is 11.3 Å². The fourth-order valence-corrected chi connectivity index (χ4v) is 3.37. The number of aliphatic imine (C=N–C) groups is 1. The second-order valence-electron chi connectivity index (χ2n) is 7.34. The lowest BCUT2D eigenvalue weighted by molar-refractivity contribution is -0.860. The van der Waals surface area contributed by atoms with Crippen molar-refractivity contribution in [3.8, 4) is 0 Å². The van der Waals surface area contributed by atoms with Gasteiger partial charge >= 0.3 is 0 Å². The van der Waals surface area contributed by atoms with Crippen molar-refractivity contribution in [1.29, 1.82) is 0 Å². The molecule has 1 unspecified atom stereocenters. The molecule has 0 aromatic carbocycles. The van der Waals surface area contributed by atoms with Gasteiger partial charge in [-0.2, -0.15) is 4.99 Å². The van der Waals surface area contributed by atoms with Gasteiger partial charge in [0.05, 0.1) is 6.54 Å². The highest BCUT2D eigenvalue weighted by Gasteiger charge is 2.38. The fourth-order valence-electron chi connectivity index (χ4n) is 3.37. The molecule has 0 aliphatic carbocycles.